The fourth-order valence-corrected chi connectivity index (χ4v) is 2.73. The van der Waals surface area contributed by atoms with E-state index in [1.54, 1.807) is 5.38 Å². The van der Waals surface area contributed by atoms with Crippen LogP contribution in [0.3, 0.4) is 0 Å². The number of carbonyl (C=O) groups is 3. The van der Waals surface area contributed by atoms with Gasteiger partial charge >= 0.3 is 5.97 Å². The van der Waals surface area contributed by atoms with Crippen molar-refractivity contribution in [2.75, 3.05) is 5.32 Å². The Balaban J connectivity index is 2.06. The summed E-state index contributed by atoms with van der Waals surface area (Å²) in [4.78, 5) is 35.3. The molecule has 9 heteroatoms. The maximum absolute atomic E-state index is 12.1. The van der Waals surface area contributed by atoms with Crippen molar-refractivity contribution in [3.8, 4) is 5.75 Å². The lowest BCUT2D eigenvalue weighted by Crippen LogP contribution is -2.30. The lowest BCUT2D eigenvalue weighted by Gasteiger charge is -2.14. The van der Waals surface area contributed by atoms with Gasteiger partial charge in [-0.15, -0.1) is 11.3 Å². The van der Waals surface area contributed by atoms with Gasteiger partial charge in [0.2, 0.25) is 0 Å². The minimum atomic E-state index is -1.17. The number of halogens is 1. The van der Waals surface area contributed by atoms with Gasteiger partial charge in [0.25, 0.3) is 11.8 Å². The van der Waals surface area contributed by atoms with Crippen LogP contribution in [0.15, 0.2) is 29.6 Å². The van der Waals surface area contributed by atoms with E-state index in [1.807, 2.05) is 0 Å². The van der Waals surface area contributed by atoms with Gasteiger partial charge < -0.3 is 20.9 Å². The maximum Gasteiger partial charge on any atom is 0.342 e. The summed E-state index contributed by atoms with van der Waals surface area (Å²) < 4.78 is 5.00. The van der Waals surface area contributed by atoms with Crippen molar-refractivity contribution < 1.29 is 24.2 Å². The van der Waals surface area contributed by atoms with E-state index in [9.17, 15) is 19.5 Å². The van der Waals surface area contributed by atoms with Crippen molar-refractivity contribution in [3.05, 3.63) is 45.8 Å². The summed E-state index contributed by atoms with van der Waals surface area (Å²) >= 11 is 6.87. The first kappa shape index (κ1) is 17.8. The summed E-state index contributed by atoms with van der Waals surface area (Å²) in [5.74, 6) is -2.54. The molecule has 1 heterocycles. The summed E-state index contributed by atoms with van der Waals surface area (Å²) in [5.41, 5.74) is 5.20. The highest BCUT2D eigenvalue weighted by Crippen LogP contribution is 2.24. The van der Waals surface area contributed by atoms with Crippen LogP contribution in [-0.4, -0.2) is 29.0 Å². The number of aromatic hydroxyl groups is 1. The van der Waals surface area contributed by atoms with Crippen LogP contribution in [0.2, 0.25) is 5.02 Å². The van der Waals surface area contributed by atoms with Gasteiger partial charge in [0.05, 0.1) is 5.56 Å². The molecule has 2 aromatic rings. The highest BCUT2D eigenvalue weighted by Gasteiger charge is 2.23. The second-order valence-corrected chi connectivity index (χ2v) is 6.08. The van der Waals surface area contributed by atoms with Crippen LogP contribution in [-0.2, 0) is 9.53 Å². The van der Waals surface area contributed by atoms with Crippen LogP contribution in [0.1, 0.15) is 27.6 Å². The lowest BCUT2D eigenvalue weighted by molar-refractivity contribution is -0.123. The van der Waals surface area contributed by atoms with Crippen LogP contribution in [0.25, 0.3) is 0 Å². The summed E-state index contributed by atoms with van der Waals surface area (Å²) in [6.07, 6.45) is -1.17. The summed E-state index contributed by atoms with van der Waals surface area (Å²) in [5, 5.41) is 14.2. The van der Waals surface area contributed by atoms with Gasteiger partial charge in [-0.25, -0.2) is 4.79 Å². The number of anilines is 1. The molecule has 0 bridgehead atoms. The highest BCUT2D eigenvalue weighted by atomic mass is 35.5. The van der Waals surface area contributed by atoms with Crippen LogP contribution in [0, 0.1) is 0 Å². The fraction of sp³-hybridized carbons (Fsp3) is 0.133. The second kappa shape index (κ2) is 7.33. The molecule has 1 unspecified atom stereocenters. The van der Waals surface area contributed by atoms with Crippen LogP contribution < -0.4 is 11.1 Å². The number of phenolic OH excluding ortho intramolecular Hbond substituents is 1. The molecule has 1 aromatic heterocycles. The number of carbonyl (C=O) groups excluding carboxylic acids is 3. The van der Waals surface area contributed by atoms with E-state index in [2.05, 4.69) is 5.32 Å². The molecule has 0 aliphatic heterocycles. The number of nitrogens with one attached hydrogen (secondary N) is 1. The number of amides is 2. The highest BCUT2D eigenvalue weighted by molar-refractivity contribution is 7.14. The van der Waals surface area contributed by atoms with Gasteiger partial charge in [-0.2, -0.15) is 0 Å². The quantitative estimate of drug-likeness (QED) is 0.700. The monoisotopic (exact) mass is 368 g/mol. The van der Waals surface area contributed by atoms with Crippen LogP contribution in [0.4, 0.5) is 5.00 Å². The third-order valence-corrected chi connectivity index (χ3v) is 4.06. The first-order valence-electron chi connectivity index (χ1n) is 6.67. The molecule has 0 saturated carbocycles. The van der Waals surface area contributed by atoms with Crippen molar-refractivity contribution in [2.45, 2.75) is 13.0 Å². The normalized spacial score (nSPS) is 11.6. The van der Waals surface area contributed by atoms with E-state index in [4.69, 9.17) is 22.1 Å². The van der Waals surface area contributed by atoms with Crippen LogP contribution in [0.5, 0.6) is 5.75 Å². The molecular weight excluding hydrogens is 356 g/mol. The smallest absolute Gasteiger partial charge is 0.342 e. The number of nitrogens with two attached hydrogens (primary N) is 1. The molecule has 2 amide bonds. The van der Waals surface area contributed by atoms with Crippen molar-refractivity contribution in [3.63, 3.8) is 0 Å². The second-order valence-electron chi connectivity index (χ2n) is 4.73. The molecule has 0 fully saturated rings. The van der Waals surface area contributed by atoms with E-state index in [0.29, 0.717) is 0 Å². The number of rotatable bonds is 5. The number of benzene rings is 1. The molecule has 24 heavy (non-hydrogen) atoms. The minimum absolute atomic E-state index is 0.156. The average molecular weight is 369 g/mol. The first-order valence-corrected chi connectivity index (χ1v) is 7.93. The SMILES string of the molecule is CC(OC(=O)c1cc(Cl)ccc1O)C(=O)Nc1sccc1C(N)=O. The maximum atomic E-state index is 12.1. The zero-order chi connectivity index (χ0) is 17.9. The Kier molecular flexibility index (Phi) is 5.42. The predicted octanol–water partition coefficient (Wildman–Crippen LogP) is 2.39. The molecule has 0 radical (unpaired) electrons. The van der Waals surface area contributed by atoms with E-state index in [0.717, 1.165) is 11.3 Å². The summed E-state index contributed by atoms with van der Waals surface area (Å²) in [6, 6.07) is 5.36. The Hall–Kier alpha value is -2.58. The third-order valence-electron chi connectivity index (χ3n) is 3.00. The summed E-state index contributed by atoms with van der Waals surface area (Å²) in [7, 11) is 0. The topological polar surface area (TPSA) is 119 Å². The number of esters is 1. The number of hydrogen-bond acceptors (Lipinski definition) is 6. The van der Waals surface area contributed by atoms with Crippen molar-refractivity contribution in [1.29, 1.82) is 0 Å². The van der Waals surface area contributed by atoms with E-state index < -0.39 is 23.9 Å². The standard InChI is InChI=1S/C15H13ClN2O5S/c1-7(13(21)18-14-9(12(17)20)4-5-24-14)23-15(22)10-6-8(16)2-3-11(10)19/h2-7,19H,1H3,(H2,17,20)(H,18,21). The number of thiophene rings is 1. The van der Waals surface area contributed by atoms with Gasteiger partial charge in [-0.3, -0.25) is 9.59 Å². The Labute approximate surface area is 146 Å². The number of hydrogen-bond donors (Lipinski definition) is 3. The molecule has 0 aliphatic rings. The third kappa shape index (κ3) is 4.03. The van der Waals surface area contributed by atoms with Gasteiger partial charge in [0.15, 0.2) is 6.10 Å². The van der Waals surface area contributed by atoms with Crippen LogP contribution >= 0.6 is 22.9 Å². The molecular formula is C15H13ClN2O5S. The number of ether oxygens (including phenoxy) is 1. The predicted molar refractivity (Wildman–Crippen MR) is 89.5 cm³/mol. The Morgan fingerprint density at radius 1 is 1.29 bits per heavy atom. The van der Waals surface area contributed by atoms with Gasteiger partial charge in [0.1, 0.15) is 16.3 Å². The Bertz CT molecular complexity index is 805. The Morgan fingerprint density at radius 3 is 2.67 bits per heavy atom. The molecule has 4 N–H and O–H groups in total. The minimum Gasteiger partial charge on any atom is -0.507 e. The largest absolute Gasteiger partial charge is 0.507 e. The molecule has 126 valence electrons. The molecule has 0 saturated heterocycles. The van der Waals surface area contributed by atoms with Crippen molar-refractivity contribution >= 4 is 45.7 Å². The zero-order valence-corrected chi connectivity index (χ0v) is 14.0. The number of primary amides is 1. The van der Waals surface area contributed by atoms with E-state index in [1.165, 1.54) is 31.2 Å². The van der Waals surface area contributed by atoms with Crippen molar-refractivity contribution in [2.24, 2.45) is 5.73 Å². The molecule has 2 rings (SSSR count). The lowest BCUT2D eigenvalue weighted by atomic mass is 10.2. The molecule has 0 spiro atoms. The Morgan fingerprint density at radius 2 is 2.00 bits per heavy atom. The van der Waals surface area contributed by atoms with E-state index >= 15 is 0 Å². The van der Waals surface area contributed by atoms with Gasteiger partial charge in [-0.1, -0.05) is 11.6 Å². The first-order chi connectivity index (χ1) is 11.3. The zero-order valence-electron chi connectivity index (χ0n) is 12.4. The number of phenols is 1. The summed E-state index contributed by atoms with van der Waals surface area (Å²) in [6.45, 7) is 1.35. The van der Waals surface area contributed by atoms with Crippen molar-refractivity contribution in [1.82, 2.24) is 0 Å². The fourth-order valence-electron chi connectivity index (χ4n) is 1.76. The van der Waals surface area contributed by atoms with Gasteiger partial charge in [-0.05, 0) is 36.6 Å². The van der Waals surface area contributed by atoms with Gasteiger partial charge in [0, 0.05) is 5.02 Å². The average Bonchev–Trinajstić information content (AvgIpc) is 2.97. The molecule has 7 nitrogen and oxygen atoms in total. The molecule has 0 aliphatic carbocycles. The van der Waals surface area contributed by atoms with E-state index in [-0.39, 0.29) is 26.9 Å². The molecule has 1 aromatic carbocycles. The molecule has 1 atom stereocenters.